The number of fused-ring (bicyclic) bond motifs is 1. The third-order valence-corrected chi connectivity index (χ3v) is 4.09. The van der Waals surface area contributed by atoms with Gasteiger partial charge in [0.1, 0.15) is 5.82 Å². The van der Waals surface area contributed by atoms with Gasteiger partial charge in [0, 0.05) is 29.2 Å². The molecule has 0 unspecified atom stereocenters. The normalized spacial score (nSPS) is 13.4. The van der Waals surface area contributed by atoms with E-state index in [9.17, 15) is 9.18 Å². The molecule has 1 aliphatic rings. The van der Waals surface area contributed by atoms with Gasteiger partial charge in [-0.1, -0.05) is 11.6 Å². The number of hydrogen-bond acceptors (Lipinski definition) is 2. The van der Waals surface area contributed by atoms with Crippen molar-refractivity contribution >= 4 is 23.1 Å². The molecule has 2 aromatic carbocycles. The van der Waals surface area contributed by atoms with E-state index in [1.807, 2.05) is 18.2 Å². The van der Waals surface area contributed by atoms with Crippen molar-refractivity contribution in [1.82, 2.24) is 0 Å². The summed E-state index contributed by atoms with van der Waals surface area (Å²) in [6.07, 6.45) is 2.16. The maximum absolute atomic E-state index is 13.2. The number of halogens is 2. The molecule has 0 fully saturated rings. The molecule has 1 aliphatic heterocycles. The molecule has 1 N–H and O–H groups in total. The number of nitrogens with one attached hydrogen (secondary N) is 1. The second-order valence-electron chi connectivity index (χ2n) is 5.24. The number of carbonyl (C=O) groups excluding carboxylic acids is 1. The predicted molar refractivity (Wildman–Crippen MR) is 82.7 cm³/mol. The van der Waals surface area contributed by atoms with Crippen molar-refractivity contribution in [3.8, 4) is 0 Å². The van der Waals surface area contributed by atoms with E-state index in [-0.39, 0.29) is 18.0 Å². The van der Waals surface area contributed by atoms with Crippen LogP contribution in [0.4, 0.5) is 10.1 Å². The maximum Gasteiger partial charge on any atom is 0.167 e. The van der Waals surface area contributed by atoms with Gasteiger partial charge >= 0.3 is 0 Å². The molecule has 108 valence electrons. The van der Waals surface area contributed by atoms with Gasteiger partial charge in [-0.05, 0) is 60.4 Å². The van der Waals surface area contributed by atoms with Gasteiger partial charge in [0.25, 0.3) is 0 Å². The second-order valence-corrected chi connectivity index (χ2v) is 5.65. The Hall–Kier alpha value is -1.87. The molecule has 0 spiro atoms. The summed E-state index contributed by atoms with van der Waals surface area (Å²) in [5.74, 6) is -0.423. The van der Waals surface area contributed by atoms with E-state index in [1.54, 1.807) is 0 Å². The Balaban J connectivity index is 1.83. The predicted octanol–water partition coefficient (Wildman–Crippen LogP) is 4.26. The molecule has 1 heterocycles. The number of hydrogen-bond donors (Lipinski definition) is 1. The van der Waals surface area contributed by atoms with Crippen molar-refractivity contribution in [2.75, 3.05) is 11.9 Å². The lowest BCUT2D eigenvalue weighted by atomic mass is 9.97. The fourth-order valence-electron chi connectivity index (χ4n) is 2.60. The Morgan fingerprint density at radius 3 is 2.95 bits per heavy atom. The number of benzene rings is 2. The van der Waals surface area contributed by atoms with Crippen LogP contribution in [0.1, 0.15) is 27.9 Å². The highest BCUT2D eigenvalue weighted by atomic mass is 35.5. The SMILES string of the molecule is O=C(Cc1cc(F)ccc1Cl)c1ccc2c(c1)CCCN2. The Labute approximate surface area is 127 Å². The lowest BCUT2D eigenvalue weighted by Gasteiger charge is -2.18. The molecule has 4 heteroatoms. The van der Waals surface area contributed by atoms with E-state index in [0.717, 1.165) is 30.6 Å². The Morgan fingerprint density at radius 1 is 1.24 bits per heavy atom. The van der Waals surface area contributed by atoms with Crippen LogP contribution in [-0.4, -0.2) is 12.3 Å². The smallest absolute Gasteiger partial charge is 0.167 e. The number of aryl methyl sites for hydroxylation is 1. The first-order chi connectivity index (χ1) is 10.1. The van der Waals surface area contributed by atoms with Crippen LogP contribution in [0.2, 0.25) is 5.02 Å². The van der Waals surface area contributed by atoms with Crippen LogP contribution < -0.4 is 5.32 Å². The van der Waals surface area contributed by atoms with E-state index < -0.39 is 0 Å². The third kappa shape index (κ3) is 3.08. The van der Waals surface area contributed by atoms with E-state index in [1.165, 1.54) is 18.2 Å². The van der Waals surface area contributed by atoms with E-state index in [2.05, 4.69) is 5.32 Å². The van der Waals surface area contributed by atoms with Gasteiger partial charge < -0.3 is 5.32 Å². The quantitative estimate of drug-likeness (QED) is 0.858. The molecule has 0 aromatic heterocycles. The van der Waals surface area contributed by atoms with E-state index in [0.29, 0.717) is 16.1 Å². The van der Waals surface area contributed by atoms with Crippen molar-refractivity contribution in [3.63, 3.8) is 0 Å². The van der Waals surface area contributed by atoms with Crippen molar-refractivity contribution in [2.45, 2.75) is 19.3 Å². The summed E-state index contributed by atoms with van der Waals surface area (Å²) in [5.41, 5.74) is 3.44. The average molecular weight is 304 g/mol. The van der Waals surface area contributed by atoms with Crippen LogP contribution in [-0.2, 0) is 12.8 Å². The van der Waals surface area contributed by atoms with Crippen LogP contribution in [0.5, 0.6) is 0 Å². The Kier molecular flexibility index (Phi) is 3.93. The van der Waals surface area contributed by atoms with Gasteiger partial charge in [0.2, 0.25) is 0 Å². The van der Waals surface area contributed by atoms with Gasteiger partial charge in [-0.25, -0.2) is 4.39 Å². The standard InChI is InChI=1S/C17H15ClFNO/c18-15-5-4-14(19)9-13(15)10-17(21)12-3-6-16-11(8-12)2-1-7-20-16/h3-6,8-9,20H,1-2,7,10H2. The lowest BCUT2D eigenvalue weighted by molar-refractivity contribution is 0.0993. The highest BCUT2D eigenvalue weighted by Crippen LogP contribution is 2.24. The van der Waals surface area contributed by atoms with Gasteiger partial charge in [-0.2, -0.15) is 0 Å². The summed E-state index contributed by atoms with van der Waals surface area (Å²) in [6, 6.07) is 9.77. The molecule has 0 saturated carbocycles. The molecule has 0 radical (unpaired) electrons. The molecule has 0 amide bonds. The van der Waals surface area contributed by atoms with Crippen molar-refractivity contribution in [2.24, 2.45) is 0 Å². The fourth-order valence-corrected chi connectivity index (χ4v) is 2.79. The maximum atomic E-state index is 13.2. The molecule has 0 aliphatic carbocycles. The highest BCUT2D eigenvalue weighted by molar-refractivity contribution is 6.31. The highest BCUT2D eigenvalue weighted by Gasteiger charge is 2.14. The Bertz CT molecular complexity index is 699. The first-order valence-corrected chi connectivity index (χ1v) is 7.35. The number of Topliss-reactive ketones (excluding diaryl/α,β-unsaturated/α-hetero) is 1. The minimum atomic E-state index is -0.378. The number of carbonyl (C=O) groups is 1. The zero-order valence-corrected chi connectivity index (χ0v) is 12.2. The number of rotatable bonds is 3. The van der Waals surface area contributed by atoms with Crippen LogP contribution in [0.25, 0.3) is 0 Å². The molecule has 2 aromatic rings. The van der Waals surface area contributed by atoms with E-state index in [4.69, 9.17) is 11.6 Å². The van der Waals surface area contributed by atoms with Gasteiger partial charge in [0.15, 0.2) is 5.78 Å². The lowest BCUT2D eigenvalue weighted by Crippen LogP contribution is -2.13. The van der Waals surface area contributed by atoms with E-state index >= 15 is 0 Å². The van der Waals surface area contributed by atoms with Crippen molar-refractivity contribution in [3.05, 3.63) is 63.9 Å². The number of ketones is 1. The number of anilines is 1. The molecule has 21 heavy (non-hydrogen) atoms. The minimum Gasteiger partial charge on any atom is -0.385 e. The molecule has 2 nitrogen and oxygen atoms in total. The summed E-state index contributed by atoms with van der Waals surface area (Å²) in [4.78, 5) is 12.4. The monoisotopic (exact) mass is 303 g/mol. The molecule has 0 atom stereocenters. The molecular weight excluding hydrogens is 289 g/mol. The van der Waals surface area contributed by atoms with Gasteiger partial charge in [0.05, 0.1) is 0 Å². The van der Waals surface area contributed by atoms with Crippen molar-refractivity contribution < 1.29 is 9.18 Å². The zero-order valence-electron chi connectivity index (χ0n) is 11.5. The van der Waals surface area contributed by atoms with Crippen molar-refractivity contribution in [1.29, 1.82) is 0 Å². The summed E-state index contributed by atoms with van der Waals surface area (Å²) in [5, 5.41) is 3.73. The minimum absolute atomic E-state index is 0.0455. The summed E-state index contributed by atoms with van der Waals surface area (Å²) in [6.45, 7) is 0.971. The van der Waals surface area contributed by atoms with Gasteiger partial charge in [-0.15, -0.1) is 0 Å². The first-order valence-electron chi connectivity index (χ1n) is 6.97. The van der Waals surface area contributed by atoms with Crippen LogP contribution in [0.15, 0.2) is 36.4 Å². The van der Waals surface area contributed by atoms with Crippen LogP contribution >= 0.6 is 11.6 Å². The molecule has 3 rings (SSSR count). The molecule has 0 bridgehead atoms. The van der Waals surface area contributed by atoms with Crippen LogP contribution in [0.3, 0.4) is 0 Å². The average Bonchev–Trinajstić information content (AvgIpc) is 2.50. The van der Waals surface area contributed by atoms with Crippen LogP contribution in [0, 0.1) is 5.82 Å². The third-order valence-electron chi connectivity index (χ3n) is 3.72. The second kappa shape index (κ2) is 5.86. The molecule has 0 saturated heterocycles. The molecular formula is C17H15ClFNO. The summed E-state index contributed by atoms with van der Waals surface area (Å²) >= 11 is 6.01. The topological polar surface area (TPSA) is 29.1 Å². The van der Waals surface area contributed by atoms with Gasteiger partial charge in [-0.3, -0.25) is 4.79 Å². The fraction of sp³-hybridized carbons (Fsp3) is 0.235. The largest absolute Gasteiger partial charge is 0.385 e. The zero-order chi connectivity index (χ0) is 14.8. The first kappa shape index (κ1) is 14.1. The Morgan fingerprint density at radius 2 is 2.10 bits per heavy atom. The summed E-state index contributed by atoms with van der Waals surface area (Å²) in [7, 11) is 0. The summed E-state index contributed by atoms with van der Waals surface area (Å²) < 4.78 is 13.2.